The van der Waals surface area contributed by atoms with E-state index in [1.807, 2.05) is 5.38 Å². The molecule has 1 N–H and O–H groups in total. The standard InChI is InChI=1S/C13H19N3O2S/c17-12(15-10-3-7-18-8-4-10)11-2-1-6-16(11)13-14-5-9-19-13/h5,9-11H,1-4,6-8H2,(H,15,17)/t11-/m0/s1. The Morgan fingerprint density at radius 2 is 2.26 bits per heavy atom. The van der Waals surface area contributed by atoms with Crippen molar-refractivity contribution < 1.29 is 9.53 Å². The zero-order chi connectivity index (χ0) is 13.1. The summed E-state index contributed by atoms with van der Waals surface area (Å²) in [6.45, 7) is 2.44. The van der Waals surface area contributed by atoms with Crippen LogP contribution in [-0.4, -0.2) is 42.7 Å². The first-order valence-corrected chi connectivity index (χ1v) is 7.77. The quantitative estimate of drug-likeness (QED) is 0.910. The van der Waals surface area contributed by atoms with E-state index < -0.39 is 0 Å². The number of nitrogens with zero attached hydrogens (tertiary/aromatic N) is 2. The maximum atomic E-state index is 12.4. The minimum Gasteiger partial charge on any atom is -0.381 e. The van der Waals surface area contributed by atoms with Gasteiger partial charge in [0.15, 0.2) is 5.13 Å². The van der Waals surface area contributed by atoms with E-state index in [4.69, 9.17) is 4.74 Å². The smallest absolute Gasteiger partial charge is 0.243 e. The summed E-state index contributed by atoms with van der Waals surface area (Å²) in [4.78, 5) is 18.9. The van der Waals surface area contributed by atoms with E-state index in [-0.39, 0.29) is 18.0 Å². The summed E-state index contributed by atoms with van der Waals surface area (Å²) in [5.41, 5.74) is 0. The molecule has 3 heterocycles. The minimum absolute atomic E-state index is 0.0472. The lowest BCUT2D eigenvalue weighted by Gasteiger charge is -2.28. The summed E-state index contributed by atoms with van der Waals surface area (Å²) < 4.78 is 5.32. The topological polar surface area (TPSA) is 54.5 Å². The molecule has 1 amide bonds. The molecule has 0 radical (unpaired) electrons. The second-order valence-corrected chi connectivity index (χ2v) is 5.93. The Kier molecular flexibility index (Phi) is 3.98. The zero-order valence-corrected chi connectivity index (χ0v) is 11.7. The van der Waals surface area contributed by atoms with E-state index in [0.29, 0.717) is 0 Å². The van der Waals surface area contributed by atoms with Crippen LogP contribution in [-0.2, 0) is 9.53 Å². The van der Waals surface area contributed by atoms with Crippen LogP contribution in [0.15, 0.2) is 11.6 Å². The van der Waals surface area contributed by atoms with Gasteiger partial charge >= 0.3 is 0 Å². The first kappa shape index (κ1) is 12.9. The highest BCUT2D eigenvalue weighted by Crippen LogP contribution is 2.27. The fourth-order valence-corrected chi connectivity index (χ4v) is 3.48. The Labute approximate surface area is 117 Å². The molecule has 0 aliphatic carbocycles. The summed E-state index contributed by atoms with van der Waals surface area (Å²) >= 11 is 1.60. The highest BCUT2D eigenvalue weighted by Gasteiger charge is 2.33. The van der Waals surface area contributed by atoms with Gasteiger partial charge in [-0.2, -0.15) is 0 Å². The Morgan fingerprint density at radius 1 is 1.42 bits per heavy atom. The van der Waals surface area contributed by atoms with Crippen LogP contribution in [0, 0.1) is 0 Å². The van der Waals surface area contributed by atoms with E-state index in [1.54, 1.807) is 17.5 Å². The van der Waals surface area contributed by atoms with Gasteiger partial charge in [-0.05, 0) is 25.7 Å². The summed E-state index contributed by atoms with van der Waals surface area (Å²) in [7, 11) is 0. The van der Waals surface area contributed by atoms with E-state index in [9.17, 15) is 4.79 Å². The Hall–Kier alpha value is -1.14. The molecule has 2 fully saturated rings. The molecule has 104 valence electrons. The maximum Gasteiger partial charge on any atom is 0.243 e. The number of hydrogen-bond acceptors (Lipinski definition) is 5. The van der Waals surface area contributed by atoms with Gasteiger partial charge in [0.2, 0.25) is 5.91 Å². The molecule has 0 unspecified atom stereocenters. The average molecular weight is 281 g/mol. The van der Waals surface area contributed by atoms with E-state index in [2.05, 4.69) is 15.2 Å². The van der Waals surface area contributed by atoms with Crippen LogP contribution in [0.4, 0.5) is 5.13 Å². The van der Waals surface area contributed by atoms with Crippen molar-refractivity contribution in [3.63, 3.8) is 0 Å². The number of carbonyl (C=O) groups is 1. The molecule has 5 nitrogen and oxygen atoms in total. The SMILES string of the molecule is O=C(NC1CCOCC1)[C@@H]1CCCN1c1nccs1. The minimum atomic E-state index is -0.0472. The zero-order valence-electron chi connectivity index (χ0n) is 10.9. The number of rotatable bonds is 3. The van der Waals surface area contributed by atoms with Crippen molar-refractivity contribution in [3.8, 4) is 0 Å². The lowest BCUT2D eigenvalue weighted by Crippen LogP contribution is -2.48. The lowest BCUT2D eigenvalue weighted by molar-refractivity contribution is -0.123. The summed E-state index contributed by atoms with van der Waals surface area (Å²) in [5.74, 6) is 0.152. The molecule has 3 rings (SSSR count). The van der Waals surface area contributed by atoms with E-state index in [1.165, 1.54) is 0 Å². The van der Waals surface area contributed by atoms with Crippen molar-refractivity contribution in [2.24, 2.45) is 0 Å². The Balaban J connectivity index is 1.62. The molecule has 19 heavy (non-hydrogen) atoms. The fraction of sp³-hybridized carbons (Fsp3) is 0.692. The van der Waals surface area contributed by atoms with Crippen molar-refractivity contribution in [1.29, 1.82) is 0 Å². The fourth-order valence-electron chi connectivity index (χ4n) is 2.77. The van der Waals surface area contributed by atoms with Gasteiger partial charge in [-0.25, -0.2) is 4.98 Å². The highest BCUT2D eigenvalue weighted by molar-refractivity contribution is 7.13. The van der Waals surface area contributed by atoms with Gasteiger partial charge in [0, 0.05) is 37.4 Å². The van der Waals surface area contributed by atoms with Crippen molar-refractivity contribution in [2.45, 2.75) is 37.8 Å². The molecule has 0 aromatic carbocycles. The number of ether oxygens (including phenoxy) is 1. The van der Waals surface area contributed by atoms with Crippen molar-refractivity contribution in [2.75, 3.05) is 24.7 Å². The molecular weight excluding hydrogens is 262 g/mol. The molecule has 6 heteroatoms. The average Bonchev–Trinajstić information content (AvgIpc) is 3.10. The first-order valence-electron chi connectivity index (χ1n) is 6.89. The number of carbonyl (C=O) groups excluding carboxylic acids is 1. The van der Waals surface area contributed by atoms with Gasteiger partial charge in [-0.15, -0.1) is 11.3 Å². The number of anilines is 1. The first-order chi connectivity index (χ1) is 9.34. The largest absolute Gasteiger partial charge is 0.381 e. The molecule has 0 saturated carbocycles. The van der Waals surface area contributed by atoms with E-state index >= 15 is 0 Å². The number of hydrogen-bond donors (Lipinski definition) is 1. The van der Waals surface area contributed by atoms with Crippen LogP contribution in [0.1, 0.15) is 25.7 Å². The second-order valence-electron chi connectivity index (χ2n) is 5.06. The van der Waals surface area contributed by atoms with Gasteiger partial charge in [-0.3, -0.25) is 4.79 Å². The summed E-state index contributed by atoms with van der Waals surface area (Å²) in [6, 6.07) is 0.231. The van der Waals surface area contributed by atoms with Gasteiger partial charge in [0.1, 0.15) is 6.04 Å². The molecule has 2 aliphatic rings. The third-order valence-corrected chi connectivity index (χ3v) is 4.60. The maximum absolute atomic E-state index is 12.4. The highest BCUT2D eigenvalue weighted by atomic mass is 32.1. The molecular formula is C13H19N3O2S. The number of amides is 1. The van der Waals surface area contributed by atoms with Crippen LogP contribution in [0.2, 0.25) is 0 Å². The number of nitrogens with one attached hydrogen (secondary N) is 1. The Morgan fingerprint density at radius 3 is 3.00 bits per heavy atom. The van der Waals surface area contributed by atoms with Gasteiger partial charge in [-0.1, -0.05) is 0 Å². The van der Waals surface area contributed by atoms with Crippen LogP contribution >= 0.6 is 11.3 Å². The molecule has 1 aromatic rings. The van der Waals surface area contributed by atoms with E-state index in [0.717, 1.165) is 50.6 Å². The predicted molar refractivity (Wildman–Crippen MR) is 74.5 cm³/mol. The van der Waals surface area contributed by atoms with Crippen molar-refractivity contribution >= 4 is 22.4 Å². The third kappa shape index (κ3) is 2.90. The number of aromatic nitrogens is 1. The molecule has 0 spiro atoms. The molecule has 2 saturated heterocycles. The normalized spacial score (nSPS) is 24.6. The van der Waals surface area contributed by atoms with Crippen LogP contribution < -0.4 is 10.2 Å². The van der Waals surface area contributed by atoms with Gasteiger partial charge < -0.3 is 15.0 Å². The molecule has 1 aromatic heterocycles. The van der Waals surface area contributed by atoms with Crippen molar-refractivity contribution in [1.82, 2.24) is 10.3 Å². The predicted octanol–water partition coefficient (Wildman–Crippen LogP) is 1.41. The van der Waals surface area contributed by atoms with Gasteiger partial charge in [0.05, 0.1) is 0 Å². The molecule has 1 atom stereocenters. The second kappa shape index (κ2) is 5.88. The van der Waals surface area contributed by atoms with Crippen LogP contribution in [0.5, 0.6) is 0 Å². The summed E-state index contributed by atoms with van der Waals surface area (Å²) in [5, 5.41) is 6.09. The summed E-state index contributed by atoms with van der Waals surface area (Å²) in [6.07, 6.45) is 5.64. The molecule has 0 bridgehead atoms. The lowest BCUT2D eigenvalue weighted by atomic mass is 10.1. The number of thiazole rings is 1. The monoisotopic (exact) mass is 281 g/mol. The Bertz CT molecular complexity index is 418. The van der Waals surface area contributed by atoms with Gasteiger partial charge in [0.25, 0.3) is 0 Å². The molecule has 2 aliphatic heterocycles. The van der Waals surface area contributed by atoms with Crippen molar-refractivity contribution in [3.05, 3.63) is 11.6 Å². The third-order valence-electron chi connectivity index (χ3n) is 3.79. The van der Waals surface area contributed by atoms with Crippen LogP contribution in [0.25, 0.3) is 0 Å². The van der Waals surface area contributed by atoms with Crippen LogP contribution in [0.3, 0.4) is 0 Å².